The molecule has 35 heavy (non-hydrogen) atoms. The Balaban J connectivity index is 0.000000509. The van der Waals surface area contributed by atoms with Crippen molar-refractivity contribution in [1.82, 2.24) is 4.90 Å². The summed E-state index contributed by atoms with van der Waals surface area (Å²) >= 11 is 2.71. The summed E-state index contributed by atoms with van der Waals surface area (Å²) in [4.78, 5) is 34.6. The van der Waals surface area contributed by atoms with Gasteiger partial charge in [-0.15, -0.1) is 22.7 Å². The highest BCUT2D eigenvalue weighted by molar-refractivity contribution is 7.12. The lowest BCUT2D eigenvalue weighted by Crippen LogP contribution is -2.40. The molecule has 2 aromatic heterocycles. The number of para-hydroxylation sites is 1. The standard InChI is InChI=1S/C22H23NO4S2.C2H2O4/c24-21(22(25,19-8-4-14-28-19)20-9-5-15-29-20)27-18-10-11-23(16-18)12-13-26-17-6-2-1-3-7-17;3-1(4)2(5)6/h1-9,14-15,18,25H,10-13,16H2;(H,3,4)(H,5,6)/t18-;/m1./s1. The zero-order valence-corrected chi connectivity index (χ0v) is 20.2. The topological polar surface area (TPSA) is 134 Å². The molecule has 4 rings (SSSR count). The highest BCUT2D eigenvalue weighted by atomic mass is 32.1. The average molecular weight is 520 g/mol. The number of rotatable bonds is 8. The number of hydrogen-bond donors (Lipinski definition) is 3. The van der Waals surface area contributed by atoms with E-state index in [0.29, 0.717) is 22.9 Å². The fourth-order valence-electron chi connectivity index (χ4n) is 3.43. The van der Waals surface area contributed by atoms with Crippen molar-refractivity contribution in [1.29, 1.82) is 0 Å². The van der Waals surface area contributed by atoms with Gasteiger partial charge < -0.3 is 24.8 Å². The van der Waals surface area contributed by atoms with Gasteiger partial charge in [-0.3, -0.25) is 4.90 Å². The lowest BCUT2D eigenvalue weighted by atomic mass is 10.00. The lowest BCUT2D eigenvalue weighted by molar-refractivity contribution is -0.166. The van der Waals surface area contributed by atoms with Gasteiger partial charge in [0.25, 0.3) is 0 Å². The number of likely N-dealkylation sites (tertiary alicyclic amines) is 1. The molecule has 1 saturated heterocycles. The van der Waals surface area contributed by atoms with E-state index in [1.165, 1.54) is 22.7 Å². The molecular weight excluding hydrogens is 494 g/mol. The molecule has 0 bridgehead atoms. The summed E-state index contributed by atoms with van der Waals surface area (Å²) in [6.07, 6.45) is 0.521. The molecule has 0 unspecified atom stereocenters. The number of carboxylic acids is 2. The number of hydrogen-bond acceptors (Lipinski definition) is 9. The molecular formula is C24H25NO8S2. The van der Waals surface area contributed by atoms with Gasteiger partial charge in [0.05, 0.1) is 9.75 Å². The quantitative estimate of drug-likeness (QED) is 0.303. The molecule has 3 heterocycles. The molecule has 0 amide bonds. The molecule has 9 nitrogen and oxygen atoms in total. The van der Waals surface area contributed by atoms with Crippen molar-refractivity contribution in [3.8, 4) is 5.75 Å². The normalized spacial score (nSPS) is 15.6. The van der Waals surface area contributed by atoms with Crippen molar-refractivity contribution in [3.05, 3.63) is 75.1 Å². The second kappa shape index (κ2) is 12.5. The predicted molar refractivity (Wildman–Crippen MR) is 130 cm³/mol. The Morgan fingerprint density at radius 1 is 0.943 bits per heavy atom. The number of ether oxygens (including phenoxy) is 2. The average Bonchev–Trinajstić information content (AvgIpc) is 3.63. The van der Waals surface area contributed by atoms with Gasteiger partial charge in [0.1, 0.15) is 18.5 Å². The highest BCUT2D eigenvalue weighted by Gasteiger charge is 2.45. The number of carboxylic acid groups (broad SMARTS) is 2. The molecule has 1 aliphatic rings. The van der Waals surface area contributed by atoms with Crippen LogP contribution in [0.3, 0.4) is 0 Å². The Kier molecular flexibility index (Phi) is 9.38. The zero-order valence-electron chi connectivity index (χ0n) is 18.6. The van der Waals surface area contributed by atoms with Crippen molar-refractivity contribution in [2.24, 2.45) is 0 Å². The van der Waals surface area contributed by atoms with Crippen molar-refractivity contribution in [2.75, 3.05) is 26.2 Å². The Morgan fingerprint density at radius 2 is 1.54 bits per heavy atom. The van der Waals surface area contributed by atoms with Crippen molar-refractivity contribution < 1.29 is 39.2 Å². The van der Waals surface area contributed by atoms with Crippen LogP contribution < -0.4 is 4.74 Å². The number of esters is 1. The molecule has 3 aromatic rings. The molecule has 1 fully saturated rings. The van der Waals surface area contributed by atoms with E-state index in [9.17, 15) is 9.90 Å². The van der Waals surface area contributed by atoms with E-state index < -0.39 is 23.5 Å². The molecule has 3 N–H and O–H groups in total. The Bertz CT molecular complexity index is 1040. The van der Waals surface area contributed by atoms with E-state index in [1.807, 2.05) is 53.2 Å². The number of nitrogens with zero attached hydrogens (tertiary/aromatic N) is 1. The molecule has 0 radical (unpaired) electrons. The monoisotopic (exact) mass is 519 g/mol. The first-order chi connectivity index (χ1) is 16.8. The van der Waals surface area contributed by atoms with Crippen LogP contribution >= 0.6 is 22.7 Å². The maximum atomic E-state index is 13.0. The van der Waals surface area contributed by atoms with Crippen molar-refractivity contribution in [2.45, 2.75) is 18.1 Å². The number of carbonyl (C=O) groups excluding carboxylic acids is 1. The van der Waals surface area contributed by atoms with E-state index in [2.05, 4.69) is 4.90 Å². The van der Waals surface area contributed by atoms with E-state index in [1.54, 1.807) is 12.1 Å². The summed E-state index contributed by atoms with van der Waals surface area (Å²) < 4.78 is 11.5. The van der Waals surface area contributed by atoms with Crippen LogP contribution in [0, 0.1) is 0 Å². The third-order valence-corrected chi connectivity index (χ3v) is 7.11. The highest BCUT2D eigenvalue weighted by Crippen LogP contribution is 2.37. The zero-order chi connectivity index (χ0) is 25.3. The molecule has 0 spiro atoms. The van der Waals surface area contributed by atoms with Crippen LogP contribution in [-0.4, -0.2) is 70.5 Å². The fourth-order valence-corrected chi connectivity index (χ4v) is 5.15. The van der Waals surface area contributed by atoms with Crippen LogP contribution in [0.2, 0.25) is 0 Å². The summed E-state index contributed by atoms with van der Waals surface area (Å²) in [5, 5.41) is 29.8. The maximum Gasteiger partial charge on any atom is 0.414 e. The predicted octanol–water partition coefficient (Wildman–Crippen LogP) is 2.90. The fraction of sp³-hybridized carbons (Fsp3) is 0.292. The SMILES string of the molecule is O=C(O)C(=O)O.O=C(O[C@@H]1CCN(CCOc2ccccc2)C1)C(O)(c1cccs1)c1cccs1. The van der Waals surface area contributed by atoms with E-state index in [0.717, 1.165) is 25.3 Å². The summed E-state index contributed by atoms with van der Waals surface area (Å²) in [5.41, 5.74) is -1.74. The number of benzene rings is 1. The Labute approximate surface area is 209 Å². The van der Waals surface area contributed by atoms with Crippen LogP contribution in [0.5, 0.6) is 5.75 Å². The van der Waals surface area contributed by atoms with E-state index >= 15 is 0 Å². The van der Waals surface area contributed by atoms with Crippen molar-refractivity contribution >= 4 is 40.6 Å². The van der Waals surface area contributed by atoms with Gasteiger partial charge in [0, 0.05) is 19.6 Å². The minimum Gasteiger partial charge on any atom is -0.492 e. The third-order valence-electron chi connectivity index (χ3n) is 5.16. The number of carbonyl (C=O) groups is 3. The largest absolute Gasteiger partial charge is 0.492 e. The Morgan fingerprint density at radius 3 is 2.06 bits per heavy atom. The summed E-state index contributed by atoms with van der Waals surface area (Å²) in [6.45, 7) is 2.84. The van der Waals surface area contributed by atoms with Gasteiger partial charge in [-0.2, -0.15) is 0 Å². The summed E-state index contributed by atoms with van der Waals surface area (Å²) in [6, 6.07) is 16.9. The third kappa shape index (κ3) is 7.12. The van der Waals surface area contributed by atoms with Crippen molar-refractivity contribution in [3.63, 3.8) is 0 Å². The first-order valence-electron chi connectivity index (χ1n) is 10.7. The van der Waals surface area contributed by atoms with Gasteiger partial charge in [-0.1, -0.05) is 30.3 Å². The molecule has 186 valence electrons. The Hall–Kier alpha value is -3.25. The number of aliphatic hydroxyl groups is 1. The van der Waals surface area contributed by atoms with E-state index in [-0.39, 0.29) is 6.10 Å². The van der Waals surface area contributed by atoms with Crippen LogP contribution in [0.25, 0.3) is 0 Å². The van der Waals surface area contributed by atoms with Gasteiger partial charge in [0.15, 0.2) is 0 Å². The summed E-state index contributed by atoms with van der Waals surface area (Å²) in [5.74, 6) is -3.40. The molecule has 1 aromatic carbocycles. The lowest BCUT2D eigenvalue weighted by Gasteiger charge is -2.26. The number of aliphatic carboxylic acids is 2. The second-order valence-electron chi connectivity index (χ2n) is 7.55. The maximum absolute atomic E-state index is 13.0. The van der Waals surface area contributed by atoms with Gasteiger partial charge >= 0.3 is 17.9 Å². The van der Waals surface area contributed by atoms with Crippen LogP contribution in [0.15, 0.2) is 65.4 Å². The van der Waals surface area contributed by atoms with Gasteiger partial charge in [0.2, 0.25) is 5.60 Å². The molecule has 1 atom stereocenters. The first kappa shape index (κ1) is 26.4. The van der Waals surface area contributed by atoms with Crippen LogP contribution in [0.4, 0.5) is 0 Å². The second-order valence-corrected chi connectivity index (χ2v) is 9.45. The van der Waals surface area contributed by atoms with E-state index in [4.69, 9.17) is 29.3 Å². The first-order valence-corrected chi connectivity index (χ1v) is 12.4. The van der Waals surface area contributed by atoms with Gasteiger partial charge in [-0.25, -0.2) is 14.4 Å². The molecule has 0 aliphatic carbocycles. The summed E-state index contributed by atoms with van der Waals surface area (Å²) in [7, 11) is 0. The molecule has 11 heteroatoms. The minimum atomic E-state index is -1.82. The molecule has 1 aliphatic heterocycles. The van der Waals surface area contributed by atoms with Gasteiger partial charge in [-0.05, 0) is 41.4 Å². The van der Waals surface area contributed by atoms with Crippen LogP contribution in [-0.2, 0) is 24.7 Å². The number of thiophene rings is 2. The minimum absolute atomic E-state index is 0.231. The smallest absolute Gasteiger partial charge is 0.414 e. The molecule has 0 saturated carbocycles. The van der Waals surface area contributed by atoms with Crippen LogP contribution in [0.1, 0.15) is 16.2 Å².